The Labute approximate surface area is 149 Å². The summed E-state index contributed by atoms with van der Waals surface area (Å²) in [4.78, 5) is 12.4. The van der Waals surface area contributed by atoms with Gasteiger partial charge < -0.3 is 20.1 Å². The SMILES string of the molecule is CCc1ccc(NC(=O)C(C)Nc2cc(OC)c(OC)cc2C)cc1. The second-order valence-corrected chi connectivity index (χ2v) is 5.93. The standard InChI is InChI=1S/C20H26N2O3/c1-6-15-7-9-16(10-8-15)22-20(23)14(3)21-17-12-19(25-5)18(24-4)11-13(17)2/h7-12,14,21H,6H2,1-5H3,(H,22,23). The number of ether oxygens (including phenoxy) is 2. The number of benzene rings is 2. The monoisotopic (exact) mass is 342 g/mol. The molecule has 1 atom stereocenters. The predicted octanol–water partition coefficient (Wildman–Crippen LogP) is 4.01. The number of methoxy groups -OCH3 is 2. The van der Waals surface area contributed by atoms with Crippen LogP contribution >= 0.6 is 0 Å². The lowest BCUT2D eigenvalue weighted by molar-refractivity contribution is -0.116. The van der Waals surface area contributed by atoms with Crippen molar-refractivity contribution >= 4 is 17.3 Å². The first-order valence-corrected chi connectivity index (χ1v) is 8.37. The molecule has 0 radical (unpaired) electrons. The third-order valence-corrected chi connectivity index (χ3v) is 4.13. The molecule has 0 spiro atoms. The van der Waals surface area contributed by atoms with Crippen molar-refractivity contribution in [2.24, 2.45) is 0 Å². The largest absolute Gasteiger partial charge is 0.493 e. The van der Waals surface area contributed by atoms with Crippen molar-refractivity contribution in [3.05, 3.63) is 47.5 Å². The summed E-state index contributed by atoms with van der Waals surface area (Å²) in [7, 11) is 3.19. The number of aryl methyl sites for hydroxylation is 2. The molecule has 5 nitrogen and oxygen atoms in total. The summed E-state index contributed by atoms with van der Waals surface area (Å²) in [6.45, 7) is 5.88. The van der Waals surface area contributed by atoms with Crippen LogP contribution in [-0.2, 0) is 11.2 Å². The van der Waals surface area contributed by atoms with Gasteiger partial charge in [0, 0.05) is 17.4 Å². The summed E-state index contributed by atoms with van der Waals surface area (Å²) in [5.41, 5.74) is 3.84. The molecule has 0 fully saturated rings. The first kappa shape index (κ1) is 18.6. The number of anilines is 2. The van der Waals surface area contributed by atoms with Gasteiger partial charge in [0.25, 0.3) is 0 Å². The molecule has 0 aliphatic rings. The average Bonchev–Trinajstić information content (AvgIpc) is 2.63. The fourth-order valence-electron chi connectivity index (χ4n) is 2.51. The van der Waals surface area contributed by atoms with Crippen LogP contribution in [-0.4, -0.2) is 26.2 Å². The van der Waals surface area contributed by atoms with Gasteiger partial charge in [0.05, 0.1) is 14.2 Å². The van der Waals surface area contributed by atoms with E-state index in [1.54, 1.807) is 14.2 Å². The number of nitrogens with one attached hydrogen (secondary N) is 2. The lowest BCUT2D eigenvalue weighted by Crippen LogP contribution is -2.32. The Morgan fingerprint density at radius 3 is 2.24 bits per heavy atom. The highest BCUT2D eigenvalue weighted by molar-refractivity contribution is 5.96. The highest BCUT2D eigenvalue weighted by Gasteiger charge is 2.16. The van der Waals surface area contributed by atoms with Crippen LogP contribution < -0.4 is 20.1 Å². The molecular formula is C20H26N2O3. The van der Waals surface area contributed by atoms with E-state index in [1.165, 1.54) is 5.56 Å². The molecule has 0 aliphatic carbocycles. The Balaban J connectivity index is 2.07. The molecule has 2 aromatic carbocycles. The number of hydrogen-bond donors (Lipinski definition) is 2. The highest BCUT2D eigenvalue weighted by Crippen LogP contribution is 2.33. The predicted molar refractivity (Wildman–Crippen MR) is 102 cm³/mol. The molecule has 5 heteroatoms. The molecule has 0 aromatic heterocycles. The quantitative estimate of drug-likeness (QED) is 0.798. The molecule has 0 saturated carbocycles. The van der Waals surface area contributed by atoms with Crippen molar-refractivity contribution in [1.82, 2.24) is 0 Å². The minimum atomic E-state index is -0.400. The van der Waals surface area contributed by atoms with E-state index in [4.69, 9.17) is 9.47 Å². The Bertz CT molecular complexity index is 726. The highest BCUT2D eigenvalue weighted by atomic mass is 16.5. The van der Waals surface area contributed by atoms with E-state index < -0.39 is 6.04 Å². The Morgan fingerprint density at radius 1 is 1.08 bits per heavy atom. The topological polar surface area (TPSA) is 59.6 Å². The molecule has 0 saturated heterocycles. The van der Waals surface area contributed by atoms with Crippen molar-refractivity contribution in [1.29, 1.82) is 0 Å². The van der Waals surface area contributed by atoms with Crippen LogP contribution in [0.15, 0.2) is 36.4 Å². The van der Waals surface area contributed by atoms with Gasteiger partial charge in [-0.15, -0.1) is 0 Å². The zero-order valence-electron chi connectivity index (χ0n) is 15.5. The van der Waals surface area contributed by atoms with Crippen molar-refractivity contribution in [2.75, 3.05) is 24.9 Å². The number of hydrogen-bond acceptors (Lipinski definition) is 4. The molecule has 0 bridgehead atoms. The first-order chi connectivity index (χ1) is 12.0. The van der Waals surface area contributed by atoms with Crippen LogP contribution in [0.3, 0.4) is 0 Å². The van der Waals surface area contributed by atoms with Crippen LogP contribution in [0.25, 0.3) is 0 Å². The van der Waals surface area contributed by atoms with E-state index in [-0.39, 0.29) is 5.91 Å². The summed E-state index contributed by atoms with van der Waals surface area (Å²) in [6.07, 6.45) is 0.977. The van der Waals surface area contributed by atoms with Crippen LogP contribution in [0, 0.1) is 6.92 Å². The smallest absolute Gasteiger partial charge is 0.246 e. The molecule has 2 aromatic rings. The fourth-order valence-corrected chi connectivity index (χ4v) is 2.51. The molecule has 2 rings (SSSR count). The molecular weight excluding hydrogens is 316 g/mol. The number of carbonyl (C=O) groups is 1. The summed E-state index contributed by atoms with van der Waals surface area (Å²) in [5.74, 6) is 1.19. The summed E-state index contributed by atoms with van der Waals surface area (Å²) in [5, 5.41) is 6.16. The van der Waals surface area contributed by atoms with E-state index in [0.29, 0.717) is 11.5 Å². The second-order valence-electron chi connectivity index (χ2n) is 5.93. The maximum Gasteiger partial charge on any atom is 0.246 e. The normalized spacial score (nSPS) is 11.6. The van der Waals surface area contributed by atoms with Crippen LogP contribution in [0.4, 0.5) is 11.4 Å². The lowest BCUT2D eigenvalue weighted by atomic mass is 10.1. The van der Waals surface area contributed by atoms with Gasteiger partial charge in [0.2, 0.25) is 5.91 Å². The first-order valence-electron chi connectivity index (χ1n) is 8.37. The van der Waals surface area contributed by atoms with Gasteiger partial charge in [-0.25, -0.2) is 0 Å². The Hall–Kier alpha value is -2.69. The van der Waals surface area contributed by atoms with Gasteiger partial charge in [0.1, 0.15) is 6.04 Å². The van der Waals surface area contributed by atoms with E-state index in [9.17, 15) is 4.79 Å². The average molecular weight is 342 g/mol. The molecule has 2 N–H and O–H groups in total. The third-order valence-electron chi connectivity index (χ3n) is 4.13. The summed E-state index contributed by atoms with van der Waals surface area (Å²) < 4.78 is 10.6. The summed E-state index contributed by atoms with van der Waals surface area (Å²) >= 11 is 0. The fraction of sp³-hybridized carbons (Fsp3) is 0.350. The van der Waals surface area contributed by atoms with Gasteiger partial charge >= 0.3 is 0 Å². The molecule has 0 aliphatic heterocycles. The minimum absolute atomic E-state index is 0.0987. The third kappa shape index (κ3) is 4.66. The van der Waals surface area contributed by atoms with Gasteiger partial charge in [-0.2, -0.15) is 0 Å². The van der Waals surface area contributed by atoms with Crippen LogP contribution in [0.2, 0.25) is 0 Å². The lowest BCUT2D eigenvalue weighted by Gasteiger charge is -2.19. The number of amides is 1. The molecule has 1 amide bonds. The van der Waals surface area contributed by atoms with Gasteiger partial charge in [0.15, 0.2) is 11.5 Å². The van der Waals surface area contributed by atoms with E-state index in [1.807, 2.05) is 50.2 Å². The van der Waals surface area contributed by atoms with Crippen molar-refractivity contribution in [3.63, 3.8) is 0 Å². The zero-order valence-corrected chi connectivity index (χ0v) is 15.5. The van der Waals surface area contributed by atoms with Crippen LogP contribution in [0.1, 0.15) is 25.0 Å². The molecule has 134 valence electrons. The second kappa shape index (κ2) is 8.42. The van der Waals surface area contributed by atoms with Gasteiger partial charge in [-0.1, -0.05) is 19.1 Å². The molecule has 1 unspecified atom stereocenters. The molecule has 25 heavy (non-hydrogen) atoms. The van der Waals surface area contributed by atoms with Crippen molar-refractivity contribution in [3.8, 4) is 11.5 Å². The van der Waals surface area contributed by atoms with Gasteiger partial charge in [-0.3, -0.25) is 4.79 Å². The van der Waals surface area contributed by atoms with E-state index >= 15 is 0 Å². The Morgan fingerprint density at radius 2 is 1.68 bits per heavy atom. The van der Waals surface area contributed by atoms with Gasteiger partial charge in [-0.05, 0) is 49.6 Å². The Kier molecular flexibility index (Phi) is 6.28. The number of rotatable bonds is 7. The van der Waals surface area contributed by atoms with Crippen LogP contribution in [0.5, 0.6) is 11.5 Å². The van der Waals surface area contributed by atoms with Crippen molar-refractivity contribution in [2.45, 2.75) is 33.2 Å². The minimum Gasteiger partial charge on any atom is -0.493 e. The maximum absolute atomic E-state index is 12.4. The zero-order chi connectivity index (χ0) is 18.4. The number of carbonyl (C=O) groups excluding carboxylic acids is 1. The summed E-state index contributed by atoms with van der Waals surface area (Å²) in [6, 6.07) is 11.2. The van der Waals surface area contributed by atoms with E-state index in [0.717, 1.165) is 23.4 Å². The van der Waals surface area contributed by atoms with Crippen molar-refractivity contribution < 1.29 is 14.3 Å². The maximum atomic E-state index is 12.4. The van der Waals surface area contributed by atoms with E-state index in [2.05, 4.69) is 17.6 Å². The molecule has 0 heterocycles.